The van der Waals surface area contributed by atoms with Gasteiger partial charge < -0.3 is 0 Å². The van der Waals surface area contributed by atoms with Crippen LogP contribution in [0.4, 0.5) is 0 Å². The Morgan fingerprint density at radius 1 is 1.58 bits per heavy atom. The van der Waals surface area contributed by atoms with Crippen molar-refractivity contribution in [3.05, 3.63) is 32.4 Å². The summed E-state index contributed by atoms with van der Waals surface area (Å²) in [6, 6.07) is 5.42. The Labute approximate surface area is 84.3 Å². The highest BCUT2D eigenvalue weighted by Gasteiger charge is 2.03. The highest BCUT2D eigenvalue weighted by Crippen LogP contribution is 2.17. The predicted molar refractivity (Wildman–Crippen MR) is 54.0 cm³/mol. The lowest BCUT2D eigenvalue weighted by Crippen LogP contribution is -1.90. The van der Waals surface area contributed by atoms with E-state index in [2.05, 4.69) is 22.6 Å². The van der Waals surface area contributed by atoms with Crippen molar-refractivity contribution in [3.63, 3.8) is 0 Å². The van der Waals surface area contributed by atoms with E-state index in [1.165, 1.54) is 0 Å². The number of hydrogen-bond donors (Lipinski definition) is 0. The van der Waals surface area contributed by atoms with Gasteiger partial charge in [0.25, 0.3) is 0 Å². The molecule has 0 aliphatic carbocycles. The van der Waals surface area contributed by atoms with Gasteiger partial charge in [0.15, 0.2) is 0 Å². The highest BCUT2D eigenvalue weighted by atomic mass is 127. The molecular weight excluding hydrogens is 265 g/mol. The SMILES string of the molecule is Cc1c(I)cc(C=O)cc1C#N. The molecule has 60 valence electrons. The van der Waals surface area contributed by atoms with Gasteiger partial charge in [0.05, 0.1) is 11.6 Å². The first-order valence-electron chi connectivity index (χ1n) is 3.34. The summed E-state index contributed by atoms with van der Waals surface area (Å²) in [5.74, 6) is 0. The maximum absolute atomic E-state index is 10.4. The summed E-state index contributed by atoms with van der Waals surface area (Å²) in [5, 5.41) is 8.69. The minimum Gasteiger partial charge on any atom is -0.298 e. The Morgan fingerprint density at radius 3 is 2.75 bits per heavy atom. The summed E-state index contributed by atoms with van der Waals surface area (Å²) < 4.78 is 0.953. The molecular formula is C9H6INO. The standard InChI is InChI=1S/C9H6INO/c1-6-8(4-11)2-7(5-12)3-9(6)10/h2-3,5H,1H3. The first-order valence-corrected chi connectivity index (χ1v) is 4.42. The van der Waals surface area contributed by atoms with Crippen molar-refractivity contribution in [2.45, 2.75) is 6.92 Å². The van der Waals surface area contributed by atoms with Gasteiger partial charge in [-0.1, -0.05) is 0 Å². The quantitative estimate of drug-likeness (QED) is 0.580. The Bertz CT molecular complexity index is 366. The van der Waals surface area contributed by atoms with Crippen LogP contribution in [-0.4, -0.2) is 6.29 Å². The largest absolute Gasteiger partial charge is 0.298 e. The van der Waals surface area contributed by atoms with Gasteiger partial charge in [0.2, 0.25) is 0 Å². The fraction of sp³-hybridized carbons (Fsp3) is 0.111. The van der Waals surface area contributed by atoms with E-state index in [1.807, 2.05) is 13.0 Å². The van der Waals surface area contributed by atoms with E-state index in [1.54, 1.807) is 12.1 Å². The molecule has 2 nitrogen and oxygen atoms in total. The maximum atomic E-state index is 10.4. The van der Waals surface area contributed by atoms with Gasteiger partial charge in [-0.05, 0) is 47.2 Å². The molecule has 0 radical (unpaired) electrons. The molecule has 0 aliphatic heterocycles. The van der Waals surface area contributed by atoms with Crippen molar-refractivity contribution in [1.82, 2.24) is 0 Å². The molecule has 0 N–H and O–H groups in total. The number of benzene rings is 1. The minimum atomic E-state index is 0.557. The zero-order valence-corrected chi connectivity index (χ0v) is 8.62. The molecule has 1 rings (SSSR count). The third-order valence-electron chi connectivity index (χ3n) is 1.62. The fourth-order valence-electron chi connectivity index (χ4n) is 0.884. The monoisotopic (exact) mass is 271 g/mol. The Balaban J connectivity index is 3.41. The molecule has 0 unspecified atom stereocenters. The molecule has 0 aromatic heterocycles. The van der Waals surface area contributed by atoms with E-state index in [-0.39, 0.29) is 0 Å². The second kappa shape index (κ2) is 3.68. The molecule has 0 saturated carbocycles. The third kappa shape index (κ3) is 1.64. The summed E-state index contributed by atoms with van der Waals surface area (Å²) in [6.07, 6.45) is 0.752. The van der Waals surface area contributed by atoms with Crippen molar-refractivity contribution in [2.24, 2.45) is 0 Å². The molecule has 0 atom stereocenters. The van der Waals surface area contributed by atoms with Crippen LogP contribution in [0.15, 0.2) is 12.1 Å². The van der Waals surface area contributed by atoms with Crippen molar-refractivity contribution in [1.29, 1.82) is 5.26 Å². The molecule has 0 saturated heterocycles. The molecule has 3 heteroatoms. The molecule has 0 aliphatic rings. The summed E-state index contributed by atoms with van der Waals surface area (Å²) in [7, 11) is 0. The number of carbonyl (C=O) groups excluding carboxylic acids is 1. The van der Waals surface area contributed by atoms with Crippen LogP contribution in [-0.2, 0) is 0 Å². The van der Waals surface area contributed by atoms with Gasteiger partial charge in [0, 0.05) is 9.13 Å². The first-order chi connectivity index (χ1) is 5.69. The van der Waals surface area contributed by atoms with E-state index in [0.29, 0.717) is 11.1 Å². The second-order valence-corrected chi connectivity index (χ2v) is 3.57. The van der Waals surface area contributed by atoms with Gasteiger partial charge in [-0.2, -0.15) is 5.26 Å². The molecule has 0 fully saturated rings. The Morgan fingerprint density at radius 2 is 2.25 bits per heavy atom. The van der Waals surface area contributed by atoms with Crippen LogP contribution in [0.3, 0.4) is 0 Å². The molecule has 1 aromatic carbocycles. The first kappa shape index (κ1) is 9.20. The van der Waals surface area contributed by atoms with Crippen molar-refractivity contribution in [3.8, 4) is 6.07 Å². The van der Waals surface area contributed by atoms with Crippen LogP contribution in [0.5, 0.6) is 0 Å². The second-order valence-electron chi connectivity index (χ2n) is 2.40. The summed E-state index contributed by atoms with van der Waals surface area (Å²) in [6.45, 7) is 1.87. The normalized spacial score (nSPS) is 9.08. The zero-order chi connectivity index (χ0) is 9.14. The van der Waals surface area contributed by atoms with Gasteiger partial charge in [-0.25, -0.2) is 0 Å². The fourth-order valence-corrected chi connectivity index (χ4v) is 1.53. The molecule has 0 spiro atoms. The van der Waals surface area contributed by atoms with Crippen LogP contribution < -0.4 is 0 Å². The predicted octanol–water partition coefficient (Wildman–Crippen LogP) is 2.28. The number of carbonyl (C=O) groups is 1. The lowest BCUT2D eigenvalue weighted by molar-refractivity contribution is 0.112. The summed E-state index contributed by atoms with van der Waals surface area (Å²) in [5.41, 5.74) is 2.06. The average Bonchev–Trinajstić information content (AvgIpc) is 2.09. The average molecular weight is 271 g/mol. The number of hydrogen-bond acceptors (Lipinski definition) is 2. The van der Waals surface area contributed by atoms with Gasteiger partial charge >= 0.3 is 0 Å². The minimum absolute atomic E-state index is 0.557. The van der Waals surface area contributed by atoms with Crippen LogP contribution in [0.1, 0.15) is 21.5 Å². The Hall–Kier alpha value is -0.890. The van der Waals surface area contributed by atoms with Crippen molar-refractivity contribution in [2.75, 3.05) is 0 Å². The van der Waals surface area contributed by atoms with E-state index < -0.39 is 0 Å². The maximum Gasteiger partial charge on any atom is 0.150 e. The van der Waals surface area contributed by atoms with Crippen LogP contribution >= 0.6 is 22.6 Å². The number of halogens is 1. The number of rotatable bonds is 1. The van der Waals surface area contributed by atoms with Crippen LogP contribution in [0.25, 0.3) is 0 Å². The highest BCUT2D eigenvalue weighted by molar-refractivity contribution is 14.1. The van der Waals surface area contributed by atoms with E-state index in [9.17, 15) is 4.79 Å². The van der Waals surface area contributed by atoms with Gasteiger partial charge in [0.1, 0.15) is 6.29 Å². The van der Waals surface area contributed by atoms with Gasteiger partial charge in [-0.3, -0.25) is 4.79 Å². The van der Waals surface area contributed by atoms with Gasteiger partial charge in [-0.15, -0.1) is 0 Å². The summed E-state index contributed by atoms with van der Waals surface area (Å²) >= 11 is 2.11. The topological polar surface area (TPSA) is 40.9 Å². The number of aldehydes is 1. The Kier molecular flexibility index (Phi) is 2.82. The molecule has 0 amide bonds. The van der Waals surface area contributed by atoms with E-state index in [0.717, 1.165) is 15.4 Å². The smallest absolute Gasteiger partial charge is 0.150 e. The molecule has 12 heavy (non-hydrogen) atoms. The molecule has 1 aromatic rings. The number of nitrogens with zero attached hydrogens (tertiary/aromatic N) is 1. The molecule has 0 bridgehead atoms. The van der Waals surface area contributed by atoms with E-state index >= 15 is 0 Å². The summed E-state index contributed by atoms with van der Waals surface area (Å²) in [4.78, 5) is 10.4. The number of nitriles is 1. The third-order valence-corrected chi connectivity index (χ3v) is 2.74. The zero-order valence-electron chi connectivity index (χ0n) is 6.47. The van der Waals surface area contributed by atoms with Crippen molar-refractivity contribution >= 4 is 28.9 Å². The molecule has 0 heterocycles. The van der Waals surface area contributed by atoms with E-state index in [4.69, 9.17) is 5.26 Å². The van der Waals surface area contributed by atoms with Crippen LogP contribution in [0.2, 0.25) is 0 Å². The lowest BCUT2D eigenvalue weighted by Gasteiger charge is -2.00. The lowest BCUT2D eigenvalue weighted by atomic mass is 10.1. The van der Waals surface area contributed by atoms with Crippen LogP contribution in [0, 0.1) is 21.8 Å². The van der Waals surface area contributed by atoms with Crippen molar-refractivity contribution < 1.29 is 4.79 Å².